The van der Waals surface area contributed by atoms with Gasteiger partial charge >= 0.3 is 0 Å². The fraction of sp³-hybridized carbons (Fsp3) is 0. The summed E-state index contributed by atoms with van der Waals surface area (Å²) in [5.41, 5.74) is 1.76. The van der Waals surface area contributed by atoms with Gasteiger partial charge in [-0.25, -0.2) is 9.38 Å². The Morgan fingerprint density at radius 3 is 2.60 bits per heavy atom. The first-order chi connectivity index (χ1) is 9.72. The van der Waals surface area contributed by atoms with Crippen LogP contribution in [0.2, 0.25) is 0 Å². The van der Waals surface area contributed by atoms with Gasteiger partial charge in [-0.05, 0) is 23.8 Å². The molecule has 1 N–H and O–H groups in total. The molecule has 0 radical (unpaired) electrons. The molecular formula is C16H11FN2O. The van der Waals surface area contributed by atoms with Gasteiger partial charge in [0.25, 0.3) is 5.91 Å². The molecular weight excluding hydrogens is 255 g/mol. The molecule has 4 heteroatoms. The highest BCUT2D eigenvalue weighted by Crippen LogP contribution is 2.15. The van der Waals surface area contributed by atoms with Crippen molar-refractivity contribution in [2.75, 3.05) is 0 Å². The van der Waals surface area contributed by atoms with Crippen LogP contribution in [-0.4, -0.2) is 11.7 Å². The summed E-state index contributed by atoms with van der Waals surface area (Å²) in [5, 5.41) is 2.64. The molecule has 0 saturated carbocycles. The first-order valence-corrected chi connectivity index (χ1v) is 6.15. The minimum atomic E-state index is -0.361. The third-order valence-corrected chi connectivity index (χ3v) is 2.90. The molecule has 0 saturated heterocycles. The fourth-order valence-electron chi connectivity index (χ4n) is 1.95. The zero-order valence-electron chi connectivity index (χ0n) is 10.5. The van der Waals surface area contributed by atoms with Gasteiger partial charge in [-0.15, -0.1) is 0 Å². The van der Waals surface area contributed by atoms with Gasteiger partial charge in [0.15, 0.2) is 0 Å². The summed E-state index contributed by atoms with van der Waals surface area (Å²) < 4.78 is 13.2. The Balaban J connectivity index is 1.95. The Morgan fingerprint density at radius 1 is 1.05 bits per heavy atom. The van der Waals surface area contributed by atoms with E-state index in [0.29, 0.717) is 17.1 Å². The second-order valence-corrected chi connectivity index (χ2v) is 4.37. The first kappa shape index (κ1) is 12.3. The highest BCUT2D eigenvalue weighted by Gasteiger charge is 2.21. The molecule has 1 aliphatic heterocycles. The van der Waals surface area contributed by atoms with Crippen molar-refractivity contribution >= 4 is 17.8 Å². The van der Waals surface area contributed by atoms with Crippen LogP contribution in [0.4, 0.5) is 4.39 Å². The lowest BCUT2D eigenvalue weighted by molar-refractivity contribution is -0.115. The predicted octanol–water partition coefficient (Wildman–Crippen LogP) is 2.74. The number of amides is 1. The molecule has 2 aromatic rings. The lowest BCUT2D eigenvalue weighted by Gasteiger charge is -1.99. The quantitative estimate of drug-likeness (QED) is 0.834. The standard InChI is InChI=1S/C16H11FN2O/c17-13-8-4-7-12(10-13)15-18-14(16(20)19-15)9-11-5-2-1-3-6-11/h1-10H,(H,18,19,20)/b14-9+. The number of hydrogen-bond acceptors (Lipinski definition) is 2. The Morgan fingerprint density at radius 2 is 1.85 bits per heavy atom. The number of nitrogens with one attached hydrogen (secondary N) is 1. The summed E-state index contributed by atoms with van der Waals surface area (Å²) in [6.07, 6.45) is 1.70. The van der Waals surface area contributed by atoms with E-state index in [1.165, 1.54) is 12.1 Å². The second kappa shape index (κ2) is 5.09. The predicted molar refractivity (Wildman–Crippen MR) is 75.5 cm³/mol. The lowest BCUT2D eigenvalue weighted by Crippen LogP contribution is -2.24. The molecule has 0 fully saturated rings. The van der Waals surface area contributed by atoms with Gasteiger partial charge in [0.2, 0.25) is 0 Å². The lowest BCUT2D eigenvalue weighted by atomic mass is 10.2. The van der Waals surface area contributed by atoms with Crippen molar-refractivity contribution in [3.63, 3.8) is 0 Å². The maximum absolute atomic E-state index is 13.2. The smallest absolute Gasteiger partial charge is 0.275 e. The molecule has 0 atom stereocenters. The van der Waals surface area contributed by atoms with Gasteiger partial charge in [0.1, 0.15) is 17.3 Å². The summed E-state index contributed by atoms with van der Waals surface area (Å²) in [6, 6.07) is 15.4. The molecule has 20 heavy (non-hydrogen) atoms. The SMILES string of the molecule is O=C1NC(c2cccc(F)c2)=N/C1=C/c1ccccc1. The van der Waals surface area contributed by atoms with Crippen molar-refractivity contribution in [3.05, 3.63) is 77.2 Å². The Labute approximate surface area is 115 Å². The average Bonchev–Trinajstić information content (AvgIpc) is 2.81. The molecule has 1 aliphatic rings. The largest absolute Gasteiger partial charge is 0.305 e. The second-order valence-electron chi connectivity index (χ2n) is 4.37. The van der Waals surface area contributed by atoms with Gasteiger partial charge in [0.05, 0.1) is 0 Å². The zero-order valence-corrected chi connectivity index (χ0v) is 10.5. The van der Waals surface area contributed by atoms with E-state index in [2.05, 4.69) is 10.3 Å². The molecule has 0 spiro atoms. The van der Waals surface area contributed by atoms with E-state index in [0.717, 1.165) is 5.56 Å². The van der Waals surface area contributed by atoms with Crippen molar-refractivity contribution in [3.8, 4) is 0 Å². The van der Waals surface area contributed by atoms with E-state index < -0.39 is 0 Å². The summed E-state index contributed by atoms with van der Waals surface area (Å²) in [7, 11) is 0. The fourth-order valence-corrected chi connectivity index (χ4v) is 1.95. The molecule has 1 amide bonds. The molecule has 1 heterocycles. The first-order valence-electron chi connectivity index (χ1n) is 6.15. The monoisotopic (exact) mass is 266 g/mol. The highest BCUT2D eigenvalue weighted by molar-refractivity contribution is 6.19. The topological polar surface area (TPSA) is 41.5 Å². The van der Waals surface area contributed by atoms with Gasteiger partial charge in [0, 0.05) is 5.56 Å². The number of nitrogens with zero attached hydrogens (tertiary/aromatic N) is 1. The summed E-state index contributed by atoms with van der Waals surface area (Å²) in [6.45, 7) is 0. The minimum Gasteiger partial charge on any atom is -0.305 e. The third kappa shape index (κ3) is 2.49. The zero-order chi connectivity index (χ0) is 13.9. The van der Waals surface area contributed by atoms with Crippen LogP contribution in [0.15, 0.2) is 65.3 Å². The number of aliphatic imine (C=N–C) groups is 1. The summed E-state index contributed by atoms with van der Waals surface area (Å²) in [4.78, 5) is 16.1. The van der Waals surface area contributed by atoms with Gasteiger partial charge in [-0.2, -0.15) is 0 Å². The van der Waals surface area contributed by atoms with Crippen LogP contribution in [-0.2, 0) is 4.79 Å². The Hall–Kier alpha value is -2.75. The average molecular weight is 266 g/mol. The third-order valence-electron chi connectivity index (χ3n) is 2.90. The minimum absolute atomic E-state index is 0.284. The highest BCUT2D eigenvalue weighted by atomic mass is 19.1. The number of benzene rings is 2. The van der Waals surface area contributed by atoms with Crippen molar-refractivity contribution in [2.45, 2.75) is 0 Å². The van der Waals surface area contributed by atoms with Crippen LogP contribution in [0.25, 0.3) is 6.08 Å². The van der Waals surface area contributed by atoms with Crippen LogP contribution in [0.1, 0.15) is 11.1 Å². The van der Waals surface area contributed by atoms with Gasteiger partial charge < -0.3 is 5.32 Å². The van der Waals surface area contributed by atoms with Crippen molar-refractivity contribution in [1.82, 2.24) is 5.32 Å². The van der Waals surface area contributed by atoms with E-state index in [9.17, 15) is 9.18 Å². The normalized spacial score (nSPS) is 16.1. The molecule has 0 bridgehead atoms. The van der Waals surface area contributed by atoms with E-state index >= 15 is 0 Å². The van der Waals surface area contributed by atoms with E-state index in [1.807, 2.05) is 30.3 Å². The van der Waals surface area contributed by atoms with E-state index in [1.54, 1.807) is 18.2 Å². The van der Waals surface area contributed by atoms with Crippen LogP contribution in [0, 0.1) is 5.82 Å². The molecule has 98 valence electrons. The number of carbonyl (C=O) groups excluding carboxylic acids is 1. The molecule has 2 aromatic carbocycles. The number of carbonyl (C=O) groups is 1. The maximum Gasteiger partial charge on any atom is 0.275 e. The van der Waals surface area contributed by atoms with Crippen LogP contribution in [0.5, 0.6) is 0 Å². The maximum atomic E-state index is 13.2. The van der Waals surface area contributed by atoms with E-state index in [-0.39, 0.29) is 11.7 Å². The Bertz CT molecular complexity index is 720. The van der Waals surface area contributed by atoms with E-state index in [4.69, 9.17) is 0 Å². The molecule has 0 aliphatic carbocycles. The van der Waals surface area contributed by atoms with Crippen molar-refractivity contribution in [2.24, 2.45) is 4.99 Å². The number of hydrogen-bond donors (Lipinski definition) is 1. The van der Waals surface area contributed by atoms with Crippen LogP contribution in [0.3, 0.4) is 0 Å². The molecule has 3 rings (SSSR count). The van der Waals surface area contributed by atoms with Crippen LogP contribution < -0.4 is 5.32 Å². The summed E-state index contributed by atoms with van der Waals surface area (Å²) in [5.74, 6) is -0.273. The molecule has 0 aromatic heterocycles. The number of halogens is 1. The molecule has 0 unspecified atom stereocenters. The van der Waals surface area contributed by atoms with Crippen LogP contribution >= 0.6 is 0 Å². The van der Waals surface area contributed by atoms with Crippen molar-refractivity contribution < 1.29 is 9.18 Å². The molecule has 3 nitrogen and oxygen atoms in total. The number of rotatable bonds is 2. The van der Waals surface area contributed by atoms with Gasteiger partial charge in [-0.3, -0.25) is 4.79 Å². The Kier molecular flexibility index (Phi) is 3.13. The van der Waals surface area contributed by atoms with Gasteiger partial charge in [-0.1, -0.05) is 42.5 Å². The van der Waals surface area contributed by atoms with Crippen molar-refractivity contribution in [1.29, 1.82) is 0 Å². The number of amidine groups is 1. The summed E-state index contributed by atoms with van der Waals surface area (Å²) >= 11 is 0.